The van der Waals surface area contributed by atoms with Crippen LogP contribution in [0.1, 0.15) is 26.2 Å². The molecule has 4 saturated heterocycles. The van der Waals surface area contributed by atoms with Crippen molar-refractivity contribution in [1.29, 1.82) is 0 Å². The van der Waals surface area contributed by atoms with Crippen molar-refractivity contribution in [3.63, 3.8) is 0 Å². The second-order valence-corrected chi connectivity index (χ2v) is 7.23. The van der Waals surface area contributed by atoms with Crippen molar-refractivity contribution >= 4 is 11.9 Å². The lowest BCUT2D eigenvalue weighted by Gasteiger charge is -2.56. The van der Waals surface area contributed by atoms with Crippen LogP contribution in [0.5, 0.6) is 0 Å². The number of carbonyl (C=O) groups excluding carboxylic acids is 1. The first-order valence-corrected chi connectivity index (χ1v) is 8.76. The molecule has 1 amide bonds. The van der Waals surface area contributed by atoms with Crippen LogP contribution in [0.3, 0.4) is 0 Å². The Morgan fingerprint density at radius 3 is 2.48 bits per heavy atom. The molecule has 0 radical (unpaired) electrons. The van der Waals surface area contributed by atoms with Gasteiger partial charge in [-0.05, 0) is 31.2 Å². The highest BCUT2D eigenvalue weighted by Gasteiger charge is 2.46. The Labute approximate surface area is 137 Å². The molecule has 2 atom stereocenters. The van der Waals surface area contributed by atoms with Gasteiger partial charge in [-0.2, -0.15) is 0 Å². The van der Waals surface area contributed by atoms with Crippen molar-refractivity contribution in [2.45, 2.75) is 38.3 Å². The summed E-state index contributed by atoms with van der Waals surface area (Å²) in [5.74, 6) is 1.90. The number of hydrogen-bond acceptors (Lipinski definition) is 5. The topological polar surface area (TPSA) is 52.6 Å². The fraction of sp³-hybridized carbons (Fsp3) is 0.706. The lowest BCUT2D eigenvalue weighted by Crippen LogP contribution is -2.70. The van der Waals surface area contributed by atoms with E-state index in [9.17, 15) is 4.79 Å². The number of amides is 1. The molecule has 23 heavy (non-hydrogen) atoms. The number of piperidine rings is 2. The predicted molar refractivity (Wildman–Crippen MR) is 88.1 cm³/mol. The second kappa shape index (κ2) is 6.07. The van der Waals surface area contributed by atoms with E-state index in [-0.39, 0.29) is 0 Å². The summed E-state index contributed by atoms with van der Waals surface area (Å²) >= 11 is 0. The minimum Gasteiger partial charge on any atom is -0.342 e. The van der Waals surface area contributed by atoms with Crippen LogP contribution in [0.2, 0.25) is 0 Å². The molecule has 1 aromatic heterocycles. The van der Waals surface area contributed by atoms with Gasteiger partial charge in [-0.15, -0.1) is 0 Å². The maximum absolute atomic E-state index is 12.5. The van der Waals surface area contributed by atoms with Crippen LogP contribution in [-0.4, -0.2) is 70.5 Å². The van der Waals surface area contributed by atoms with Gasteiger partial charge in [0.15, 0.2) is 0 Å². The Bertz CT molecular complexity index is 545. The van der Waals surface area contributed by atoms with Gasteiger partial charge in [0, 0.05) is 50.7 Å². The van der Waals surface area contributed by atoms with Gasteiger partial charge in [0.25, 0.3) is 0 Å². The molecule has 5 heterocycles. The van der Waals surface area contributed by atoms with E-state index < -0.39 is 0 Å². The highest BCUT2D eigenvalue weighted by molar-refractivity contribution is 5.78. The molecular weight excluding hydrogens is 290 g/mol. The fourth-order valence-corrected chi connectivity index (χ4v) is 4.08. The van der Waals surface area contributed by atoms with Crippen molar-refractivity contribution in [3.8, 4) is 0 Å². The molecule has 6 heteroatoms. The molecule has 0 N–H and O–H groups in total. The lowest BCUT2D eigenvalue weighted by molar-refractivity contribution is -0.138. The van der Waals surface area contributed by atoms with Gasteiger partial charge in [0.2, 0.25) is 11.9 Å². The van der Waals surface area contributed by atoms with E-state index in [1.54, 1.807) is 12.4 Å². The van der Waals surface area contributed by atoms with Crippen LogP contribution in [0.4, 0.5) is 5.95 Å². The van der Waals surface area contributed by atoms with Crippen LogP contribution >= 0.6 is 0 Å². The first kappa shape index (κ1) is 14.9. The van der Waals surface area contributed by atoms with E-state index in [0.717, 1.165) is 50.9 Å². The van der Waals surface area contributed by atoms with Gasteiger partial charge >= 0.3 is 0 Å². The van der Waals surface area contributed by atoms with Gasteiger partial charge < -0.3 is 9.80 Å². The minimum absolute atomic E-state index is 0.316. The average molecular weight is 315 g/mol. The van der Waals surface area contributed by atoms with Gasteiger partial charge in [-0.3, -0.25) is 9.69 Å². The molecule has 4 fully saturated rings. The predicted octanol–water partition coefficient (Wildman–Crippen LogP) is 0.998. The van der Waals surface area contributed by atoms with E-state index in [1.165, 1.54) is 6.42 Å². The Morgan fingerprint density at radius 2 is 1.83 bits per heavy atom. The zero-order chi connectivity index (χ0) is 15.8. The fourth-order valence-electron chi connectivity index (χ4n) is 4.08. The zero-order valence-corrected chi connectivity index (χ0v) is 13.8. The normalized spacial score (nSPS) is 28.6. The summed E-state index contributed by atoms with van der Waals surface area (Å²) in [6, 6.07) is 2.80. The van der Waals surface area contributed by atoms with Crippen molar-refractivity contribution in [1.82, 2.24) is 19.8 Å². The molecule has 0 aromatic carbocycles. The monoisotopic (exact) mass is 315 g/mol. The Balaban J connectivity index is 1.32. The van der Waals surface area contributed by atoms with Crippen LogP contribution in [-0.2, 0) is 4.79 Å². The number of rotatable bonds is 3. The van der Waals surface area contributed by atoms with Crippen molar-refractivity contribution < 1.29 is 4.79 Å². The van der Waals surface area contributed by atoms with E-state index in [2.05, 4.69) is 31.6 Å². The maximum atomic E-state index is 12.5. The summed E-state index contributed by atoms with van der Waals surface area (Å²) in [6.07, 6.45) is 7.09. The largest absolute Gasteiger partial charge is 0.342 e. The first-order valence-electron chi connectivity index (χ1n) is 8.76. The summed E-state index contributed by atoms with van der Waals surface area (Å²) < 4.78 is 0. The number of nitrogens with zero attached hydrogens (tertiary/aromatic N) is 5. The van der Waals surface area contributed by atoms with Crippen LogP contribution in [0.15, 0.2) is 18.5 Å². The molecule has 1 aromatic rings. The summed E-state index contributed by atoms with van der Waals surface area (Å²) in [7, 11) is 0. The van der Waals surface area contributed by atoms with Gasteiger partial charge in [-0.25, -0.2) is 9.97 Å². The molecule has 2 bridgehead atoms. The number of likely N-dealkylation sites (tertiary alicyclic amines) is 1. The first-order chi connectivity index (χ1) is 11.2. The summed E-state index contributed by atoms with van der Waals surface area (Å²) in [5, 5.41) is 0. The number of aromatic nitrogens is 2. The quantitative estimate of drug-likeness (QED) is 0.833. The standard InChI is InChI=1S/C17H25N5O/c1-13-3-7-20(8-4-13)16(23)12-22-14-9-15(22)11-21(10-14)17-18-5-2-6-19-17/h2,5-6,13-15H,3-4,7-12H2,1H3. The van der Waals surface area contributed by atoms with Crippen LogP contribution < -0.4 is 4.90 Å². The van der Waals surface area contributed by atoms with Crippen molar-refractivity contribution in [2.24, 2.45) is 5.92 Å². The smallest absolute Gasteiger partial charge is 0.236 e. The van der Waals surface area contributed by atoms with E-state index in [1.807, 2.05) is 6.07 Å². The maximum Gasteiger partial charge on any atom is 0.236 e. The highest BCUT2D eigenvalue weighted by atomic mass is 16.2. The highest BCUT2D eigenvalue weighted by Crippen LogP contribution is 2.33. The number of carbonyl (C=O) groups is 1. The third-order valence-corrected chi connectivity index (χ3v) is 5.63. The van der Waals surface area contributed by atoms with Crippen LogP contribution in [0, 0.1) is 5.92 Å². The summed E-state index contributed by atoms with van der Waals surface area (Å²) in [4.78, 5) is 27.9. The molecule has 0 spiro atoms. The number of fused-ring (bicyclic) bond motifs is 2. The summed E-state index contributed by atoms with van der Waals surface area (Å²) in [5.41, 5.74) is 0. The van der Waals surface area contributed by atoms with E-state index in [4.69, 9.17) is 0 Å². The molecule has 6 nitrogen and oxygen atoms in total. The van der Waals surface area contributed by atoms with Crippen molar-refractivity contribution in [3.05, 3.63) is 18.5 Å². The SMILES string of the molecule is CC1CCN(C(=O)CN2C3CC2CN(c2ncccn2)C3)CC1. The number of hydrogen-bond donors (Lipinski definition) is 0. The Hall–Kier alpha value is -1.69. The van der Waals surface area contributed by atoms with Gasteiger partial charge in [0.05, 0.1) is 6.54 Å². The zero-order valence-electron chi connectivity index (χ0n) is 13.8. The third-order valence-electron chi connectivity index (χ3n) is 5.63. The average Bonchev–Trinajstić information content (AvgIpc) is 2.61. The minimum atomic E-state index is 0.316. The Morgan fingerprint density at radius 1 is 1.17 bits per heavy atom. The molecule has 5 rings (SSSR count). The molecule has 0 aliphatic carbocycles. The molecule has 0 saturated carbocycles. The molecular formula is C17H25N5O. The van der Waals surface area contributed by atoms with Crippen LogP contribution in [0.25, 0.3) is 0 Å². The molecule has 4 aliphatic heterocycles. The molecule has 124 valence electrons. The number of anilines is 1. The van der Waals surface area contributed by atoms with Crippen molar-refractivity contribution in [2.75, 3.05) is 37.6 Å². The van der Waals surface area contributed by atoms with E-state index >= 15 is 0 Å². The molecule has 2 unspecified atom stereocenters. The number of piperazine rings is 1. The lowest BCUT2D eigenvalue weighted by atomic mass is 9.87. The Kier molecular flexibility index (Phi) is 3.93. The van der Waals surface area contributed by atoms with Gasteiger partial charge in [0.1, 0.15) is 0 Å². The molecule has 4 aliphatic rings. The second-order valence-electron chi connectivity index (χ2n) is 7.23. The third kappa shape index (κ3) is 2.92. The van der Waals surface area contributed by atoms with Gasteiger partial charge in [-0.1, -0.05) is 6.92 Å². The van der Waals surface area contributed by atoms with E-state index in [0.29, 0.717) is 24.5 Å². The summed E-state index contributed by atoms with van der Waals surface area (Å²) in [6.45, 7) is 6.62.